The molecule has 0 radical (unpaired) electrons. The number of pyridine rings is 2. The number of fused-ring (bicyclic) bond motifs is 12. The number of nitrogens with one attached hydrogen (secondary N) is 6. The summed E-state index contributed by atoms with van der Waals surface area (Å²) in [4.78, 5) is 139. The van der Waals surface area contributed by atoms with Crippen molar-refractivity contribution in [1.29, 1.82) is 0 Å². The van der Waals surface area contributed by atoms with Crippen LogP contribution in [0.5, 0.6) is 23.5 Å². The topological polar surface area (TPSA) is 634 Å². The van der Waals surface area contributed by atoms with Crippen LogP contribution in [0.25, 0.3) is 44.1 Å². The number of anilines is 10. The summed E-state index contributed by atoms with van der Waals surface area (Å²) >= 11 is 0.862. The number of aromatic carboxylic acids is 2. The normalized spacial score (nSPS) is 12.8. The predicted molar refractivity (Wildman–Crippen MR) is 470 cm³/mol. The van der Waals surface area contributed by atoms with Crippen LogP contribution in [-0.2, 0) is 79.0 Å². The van der Waals surface area contributed by atoms with E-state index in [1.54, 1.807) is 6.07 Å². The van der Waals surface area contributed by atoms with Gasteiger partial charge < -0.3 is 60.7 Å². The molecule has 17 rings (SSSR count). The summed E-state index contributed by atoms with van der Waals surface area (Å²) in [5.74, 6) is -8.63. The highest BCUT2D eigenvalue weighted by atomic mass is 32.2. The Hall–Kier alpha value is -14.9. The van der Waals surface area contributed by atoms with E-state index >= 15 is 9.59 Å². The lowest BCUT2D eigenvalue weighted by molar-refractivity contribution is -0.432. The molecule has 133 heavy (non-hydrogen) atoms. The number of carbonyl (C=O) groups is 6. The number of benzene rings is 10. The minimum Gasteiger partial charge on any atom is -0.478 e. The Kier molecular flexibility index (Phi) is 24.4. The highest BCUT2D eigenvalue weighted by Crippen LogP contribution is 2.50. The Morgan fingerprint density at radius 3 is 1.29 bits per heavy atom. The molecule has 44 nitrogen and oxygen atoms in total. The molecule has 14 N–H and O–H groups in total. The molecule has 0 fully saturated rings. The van der Waals surface area contributed by atoms with Crippen molar-refractivity contribution in [2.75, 3.05) is 45.0 Å². The van der Waals surface area contributed by atoms with Crippen LogP contribution < -0.4 is 52.5 Å². The van der Waals surface area contributed by atoms with E-state index in [-0.39, 0.29) is 193 Å². The van der Waals surface area contributed by atoms with Gasteiger partial charge in [0.15, 0.2) is 23.1 Å². The van der Waals surface area contributed by atoms with Crippen molar-refractivity contribution < 1.29 is 131 Å². The summed E-state index contributed by atoms with van der Waals surface area (Å²) in [6, 6.07) is 37.3. The van der Waals surface area contributed by atoms with E-state index < -0.39 is 149 Å². The minimum absolute atomic E-state index is 0.00117. The van der Waals surface area contributed by atoms with Gasteiger partial charge in [-0.05, 0) is 138 Å². The zero-order valence-electron chi connectivity index (χ0n) is 67.0. The second-order valence-electron chi connectivity index (χ2n) is 28.9. The van der Waals surface area contributed by atoms with Gasteiger partial charge in [-0.25, -0.2) is 25.4 Å². The molecule has 10 aromatic carbocycles. The number of aromatic nitrogens is 8. The maximum atomic E-state index is 15.2. The van der Waals surface area contributed by atoms with Crippen molar-refractivity contribution in [3.8, 4) is 45.8 Å². The van der Waals surface area contributed by atoms with Gasteiger partial charge in [-0.1, -0.05) is 87.9 Å². The van der Waals surface area contributed by atoms with E-state index in [1.165, 1.54) is 141 Å². The second kappa shape index (κ2) is 36.1. The predicted octanol–water partition coefficient (Wildman–Crippen LogP) is 13.1. The Labute approximate surface area is 757 Å². The van der Waals surface area contributed by atoms with Crippen LogP contribution in [0.2, 0.25) is 0 Å². The van der Waals surface area contributed by atoms with Crippen molar-refractivity contribution in [2.45, 2.75) is 35.8 Å². The standard InChI is InChI=1S/C83H56N14O30S6/c1-96-57-20-18-51(65-67(57)62(46-13-3-6-16-49(46)73(65)101)68(74(96)102)70(98)38-9-7-11-44(30-38)128-125-122-108)87-54-33-53(59(130-127-124-110)35-60(54)132(114,115)116)88-80-90-78-84-21-22-85-79-91-81(95-83(93-79)121-43-27-37(25-41(29-43)77(106)107)23-36-24-40(76(104)105)28-42(26-36)120-82(92-78)94-80)89-55-32-52(58(129-126-123-109)34-61(55)133(117,118)119)86-50-17-19-56-66-63(47-14-4-5-15-48(47)72(100)64(50)66)69(75(103)97(56)2)71(99)39-10-8-12-45(31-39)131(111,112)113/h3-20,24-35,86-87,108-110H,21-23H2,1-2H3,(H,104,105)(H,106,107)(H,111,112,113)(H,114,115,116)(H,117,118,119)(H2,84,88,90,92,94)(H2,85,89,91,93,95). The molecule has 0 spiro atoms. The summed E-state index contributed by atoms with van der Waals surface area (Å²) < 4.78 is 140. The Bertz CT molecular complexity index is 7910. The molecule has 4 aromatic heterocycles. The molecule has 5 heterocycles. The maximum Gasteiger partial charge on any atom is 0.335 e. The molecule has 1 aliphatic heterocycles. The molecule has 0 atom stereocenters. The van der Waals surface area contributed by atoms with Crippen molar-refractivity contribution in [3.05, 3.63) is 269 Å². The van der Waals surface area contributed by atoms with Gasteiger partial charge in [0.1, 0.15) is 21.3 Å². The number of carboxylic acid groups (broad SMARTS) is 2. The molecule has 0 unspecified atom stereocenters. The number of ketones is 4. The summed E-state index contributed by atoms with van der Waals surface area (Å²) in [6.07, 6.45) is -0.295. The second-order valence-corrected chi connectivity index (χ2v) is 35.3. The van der Waals surface area contributed by atoms with E-state index in [1.807, 2.05) is 0 Å². The van der Waals surface area contributed by atoms with Gasteiger partial charge >= 0.3 is 24.0 Å². The van der Waals surface area contributed by atoms with E-state index in [2.05, 4.69) is 81.3 Å². The molecule has 14 aromatic rings. The molecule has 0 amide bonds. The van der Waals surface area contributed by atoms with Gasteiger partial charge in [-0.15, -0.1) is 13.0 Å². The van der Waals surface area contributed by atoms with E-state index in [0.717, 1.165) is 57.7 Å². The number of carboxylic acids is 2. The average molecular weight is 1920 g/mol. The third kappa shape index (κ3) is 17.9. The third-order valence-electron chi connectivity index (χ3n) is 20.8. The fraction of sp³-hybridized carbons (Fsp3) is 0.0602. The van der Waals surface area contributed by atoms with Crippen molar-refractivity contribution >= 4 is 181 Å². The SMILES string of the molecule is Cn1c(=O)c(C(=O)c2cccc(S(=O)(=O)O)c2)c2c3c(c(Nc4cc(Nc5nc6nc(n5)Oc5cc(cc(C(=O)O)c5)Cc5cc(cc(C(=O)O)c5)Oc5nc(nc(Nc7cc(Nc8ccc9c%10c8C(=O)c8ccccc8-c%10c(C(=O)c8cccc(SOOO)c8)c(=O)n9C)c(S(=O)(=O)O)cc7SOOO)n5)NCCN6)c(S(=O)(=O)O)cc4SOOO)ccc31)C(=O)c1ccccc1-2. The van der Waals surface area contributed by atoms with Crippen LogP contribution in [0.4, 0.5) is 57.9 Å². The number of rotatable bonds is 26. The van der Waals surface area contributed by atoms with Gasteiger partial charge in [0.25, 0.3) is 41.5 Å². The smallest absolute Gasteiger partial charge is 0.335 e. The quantitative estimate of drug-likeness (QED) is 0.00787. The average Bonchev–Trinajstić information content (AvgIpc) is 0.712. The van der Waals surface area contributed by atoms with E-state index in [9.17, 15) is 88.4 Å². The molecule has 0 saturated carbocycles. The van der Waals surface area contributed by atoms with Crippen LogP contribution in [0.1, 0.15) is 95.5 Å². The van der Waals surface area contributed by atoms with Gasteiger partial charge in [0, 0.05) is 76.2 Å². The largest absolute Gasteiger partial charge is 0.478 e. The minimum atomic E-state index is -5.43. The van der Waals surface area contributed by atoms with Crippen LogP contribution >= 0.6 is 36.1 Å². The Morgan fingerprint density at radius 1 is 0.421 bits per heavy atom. The first-order chi connectivity index (χ1) is 63.6. The third-order valence-corrected chi connectivity index (χ3v) is 25.3. The monoisotopic (exact) mass is 1920 g/mol. The lowest BCUT2D eigenvalue weighted by Gasteiger charge is -2.26. The fourth-order valence-electron chi connectivity index (χ4n) is 15.3. The maximum absolute atomic E-state index is 15.2. The number of ether oxygens (including phenoxy) is 2. The fourth-order valence-corrected chi connectivity index (χ4v) is 18.6. The van der Waals surface area contributed by atoms with Crippen LogP contribution in [0.3, 0.4) is 0 Å². The van der Waals surface area contributed by atoms with Crippen molar-refractivity contribution in [2.24, 2.45) is 14.1 Å². The van der Waals surface area contributed by atoms with Crippen LogP contribution in [-0.4, -0.2) is 152 Å². The highest BCUT2D eigenvalue weighted by molar-refractivity contribution is 7.95. The van der Waals surface area contributed by atoms with Crippen molar-refractivity contribution in [3.63, 3.8) is 0 Å². The Balaban J connectivity index is 0.751. The molecule has 2 aliphatic carbocycles. The Morgan fingerprint density at radius 2 is 0.842 bits per heavy atom. The number of aryl methyl sites for hydroxylation is 2. The molecule has 3 aliphatic rings. The molecule has 50 heteroatoms. The number of carbonyl (C=O) groups excluding carboxylic acids is 4. The number of hydrogen-bond acceptors (Lipinski definition) is 40. The summed E-state index contributed by atoms with van der Waals surface area (Å²) in [5.41, 5.74) is -5.44. The molecule has 0 saturated heterocycles. The van der Waals surface area contributed by atoms with Crippen molar-refractivity contribution in [1.82, 2.24) is 39.0 Å². The van der Waals surface area contributed by atoms with E-state index in [0.29, 0.717) is 12.0 Å². The number of hydrogen-bond donors (Lipinski definition) is 14. The van der Waals surface area contributed by atoms with Gasteiger partial charge in [0.2, 0.25) is 23.8 Å². The highest BCUT2D eigenvalue weighted by Gasteiger charge is 2.39. The first-order valence-corrected chi connectivity index (χ1v) is 44.5. The zero-order chi connectivity index (χ0) is 94.0. The summed E-state index contributed by atoms with van der Waals surface area (Å²) in [5, 5.41) is 78.1. The molecular weight excluding hydrogens is 1870 g/mol. The van der Waals surface area contributed by atoms with Gasteiger partial charge in [-0.3, -0.25) is 42.4 Å². The molecule has 674 valence electrons. The summed E-state index contributed by atoms with van der Waals surface area (Å²) in [6.45, 7) is -0.575. The first kappa shape index (κ1) is 90.0. The van der Waals surface area contributed by atoms with Crippen LogP contribution in [0, 0.1) is 0 Å². The first-order valence-electron chi connectivity index (χ1n) is 38.0. The van der Waals surface area contributed by atoms with Gasteiger partial charge in [-0.2, -0.15) is 55.2 Å². The molecular formula is C83H56N14O30S6. The summed E-state index contributed by atoms with van der Waals surface area (Å²) in [7, 11) is -13.0. The lowest BCUT2D eigenvalue weighted by Crippen LogP contribution is -2.29. The van der Waals surface area contributed by atoms with E-state index in [4.69, 9.17) is 23.4 Å². The number of nitrogens with zero attached hydrogens (tertiary/aromatic N) is 8. The van der Waals surface area contributed by atoms with Gasteiger partial charge in [0.05, 0.1) is 129 Å². The lowest BCUT2D eigenvalue weighted by atomic mass is 9.80. The van der Waals surface area contributed by atoms with Crippen LogP contribution in [0.15, 0.2) is 221 Å². The zero-order valence-corrected chi connectivity index (χ0v) is 71.9. The molecule has 8 bridgehead atoms.